The summed E-state index contributed by atoms with van der Waals surface area (Å²) >= 11 is 7.05. The van der Waals surface area contributed by atoms with Gasteiger partial charge in [0.1, 0.15) is 21.7 Å². The molecule has 38 heavy (non-hydrogen) atoms. The van der Waals surface area contributed by atoms with Crippen LogP contribution in [0, 0.1) is 6.92 Å². The Morgan fingerprint density at radius 2 is 1.79 bits per heavy atom. The predicted molar refractivity (Wildman–Crippen MR) is 142 cm³/mol. The fourth-order valence-electron chi connectivity index (χ4n) is 4.21. The molecule has 2 N–H and O–H groups in total. The van der Waals surface area contributed by atoms with Crippen molar-refractivity contribution >= 4 is 44.6 Å². The largest absolute Gasteiger partial charge is 0.417 e. The molecule has 206 valence electrons. The summed E-state index contributed by atoms with van der Waals surface area (Å²) in [5, 5.41) is 3.33. The number of nitrogens with zero attached hydrogens (tertiary/aromatic N) is 4. The zero-order valence-electron chi connectivity index (χ0n) is 21.0. The van der Waals surface area contributed by atoms with Gasteiger partial charge >= 0.3 is 6.18 Å². The van der Waals surface area contributed by atoms with E-state index in [1.54, 1.807) is 6.07 Å². The quantitative estimate of drug-likeness (QED) is 0.370. The van der Waals surface area contributed by atoms with Crippen molar-refractivity contribution in [1.82, 2.24) is 19.7 Å². The van der Waals surface area contributed by atoms with Crippen LogP contribution >= 0.6 is 22.9 Å². The lowest BCUT2D eigenvalue weighted by Gasteiger charge is -2.30. The summed E-state index contributed by atoms with van der Waals surface area (Å²) in [6.45, 7) is 1.84. The van der Waals surface area contributed by atoms with Crippen molar-refractivity contribution in [3.8, 4) is 0 Å². The number of halogens is 4. The number of sulfonamides is 1. The molecule has 1 aliphatic carbocycles. The number of aryl methyl sites for hydroxylation is 1. The molecule has 0 spiro atoms. The van der Waals surface area contributed by atoms with Crippen molar-refractivity contribution in [3.05, 3.63) is 57.4 Å². The van der Waals surface area contributed by atoms with Crippen LogP contribution in [0.25, 0.3) is 0 Å². The van der Waals surface area contributed by atoms with Crippen molar-refractivity contribution in [1.29, 1.82) is 0 Å². The van der Waals surface area contributed by atoms with E-state index in [1.165, 1.54) is 6.07 Å². The van der Waals surface area contributed by atoms with Gasteiger partial charge in [-0.3, -0.25) is 4.98 Å². The summed E-state index contributed by atoms with van der Waals surface area (Å²) in [7, 11) is 0.0888. The molecule has 4 rings (SSSR count). The van der Waals surface area contributed by atoms with Gasteiger partial charge in [0.05, 0.1) is 16.3 Å². The number of aromatic nitrogens is 3. The highest BCUT2D eigenvalue weighted by molar-refractivity contribution is 7.91. The Hall–Kier alpha value is -2.48. The average Bonchev–Trinajstić information content (AvgIpc) is 3.30. The first kappa shape index (κ1) is 28.5. The van der Waals surface area contributed by atoms with Crippen LogP contribution in [0.5, 0.6) is 0 Å². The fourth-order valence-corrected chi connectivity index (χ4v) is 7.13. The van der Waals surface area contributed by atoms with Gasteiger partial charge in [-0.25, -0.2) is 23.1 Å². The second-order valence-electron chi connectivity index (χ2n) is 9.41. The smallest absolute Gasteiger partial charge is 0.367 e. The van der Waals surface area contributed by atoms with Gasteiger partial charge in [0.2, 0.25) is 10.0 Å². The van der Waals surface area contributed by atoms with Crippen molar-refractivity contribution in [2.75, 3.05) is 24.3 Å². The maximum absolute atomic E-state index is 13.0. The number of hydrogen-bond acceptors (Lipinski definition) is 8. The highest BCUT2D eigenvalue weighted by atomic mass is 35.5. The topological polar surface area (TPSA) is 100 Å². The van der Waals surface area contributed by atoms with Gasteiger partial charge in [-0.1, -0.05) is 11.6 Å². The normalized spacial score (nSPS) is 18.4. The van der Waals surface area contributed by atoms with Crippen molar-refractivity contribution in [3.63, 3.8) is 0 Å². The minimum atomic E-state index is -4.54. The minimum absolute atomic E-state index is 0.115. The number of hydrogen-bond donors (Lipinski definition) is 2. The zero-order chi connectivity index (χ0) is 27.7. The van der Waals surface area contributed by atoms with E-state index in [0.29, 0.717) is 23.5 Å². The highest BCUT2D eigenvalue weighted by Crippen LogP contribution is 2.33. The third-order valence-corrected chi connectivity index (χ3v) is 9.60. The maximum Gasteiger partial charge on any atom is 0.417 e. The predicted octanol–water partition coefficient (Wildman–Crippen LogP) is 5.27. The lowest BCUT2D eigenvalue weighted by Crippen LogP contribution is -2.40. The van der Waals surface area contributed by atoms with Crippen LogP contribution in [0.15, 0.2) is 34.7 Å². The molecule has 14 heteroatoms. The molecule has 0 bridgehead atoms. The third-order valence-electron chi connectivity index (χ3n) is 6.17. The molecule has 3 heterocycles. The van der Waals surface area contributed by atoms with E-state index in [1.807, 2.05) is 32.0 Å². The molecule has 1 aliphatic rings. The lowest BCUT2D eigenvalue weighted by molar-refractivity contribution is -0.137. The molecule has 0 radical (unpaired) electrons. The van der Waals surface area contributed by atoms with E-state index < -0.39 is 21.8 Å². The molecule has 3 aromatic rings. The van der Waals surface area contributed by atoms with Gasteiger partial charge < -0.3 is 10.2 Å². The summed E-state index contributed by atoms with van der Waals surface area (Å²) in [5.41, 5.74) is -0.680. The Bertz CT molecular complexity index is 1390. The second kappa shape index (κ2) is 11.3. The van der Waals surface area contributed by atoms with E-state index in [2.05, 4.69) is 25.0 Å². The molecule has 0 unspecified atom stereocenters. The van der Waals surface area contributed by atoms with E-state index in [-0.39, 0.29) is 33.4 Å². The first-order valence-electron chi connectivity index (χ1n) is 11.9. The molecule has 1 saturated carbocycles. The average molecular weight is 589 g/mol. The van der Waals surface area contributed by atoms with Crippen molar-refractivity contribution < 1.29 is 21.6 Å². The first-order valence-corrected chi connectivity index (χ1v) is 14.6. The summed E-state index contributed by atoms with van der Waals surface area (Å²) in [4.78, 5) is 15.2. The zero-order valence-corrected chi connectivity index (χ0v) is 23.4. The second-order valence-corrected chi connectivity index (χ2v) is 12.9. The molecule has 1 fully saturated rings. The molecule has 0 aromatic carbocycles. The number of anilines is 2. The van der Waals surface area contributed by atoms with Gasteiger partial charge in [-0.15, -0.1) is 11.3 Å². The first-order chi connectivity index (χ1) is 17.8. The Balaban J connectivity index is 1.33. The van der Waals surface area contributed by atoms with E-state index in [4.69, 9.17) is 11.6 Å². The number of pyridine rings is 1. The highest BCUT2D eigenvalue weighted by Gasteiger charge is 2.32. The SMILES string of the molecule is Cc1nc(NC2CCC(NS(=O)(=O)c3ccc(Cc4ncc(C(F)(F)F)cc4Cl)s3)CC2)cc(N(C)C)n1. The molecular formula is C24H28ClF3N6O2S2. The Morgan fingerprint density at radius 1 is 1.11 bits per heavy atom. The fraction of sp³-hybridized carbons (Fsp3) is 0.458. The van der Waals surface area contributed by atoms with Crippen LogP contribution in [-0.4, -0.2) is 49.5 Å². The summed E-state index contributed by atoms with van der Waals surface area (Å²) in [5.74, 6) is 2.24. The molecule has 8 nitrogen and oxygen atoms in total. The number of thiophene rings is 1. The van der Waals surface area contributed by atoms with Crippen molar-refractivity contribution in [2.24, 2.45) is 0 Å². The Morgan fingerprint density at radius 3 is 2.42 bits per heavy atom. The van der Waals surface area contributed by atoms with E-state index >= 15 is 0 Å². The van der Waals surface area contributed by atoms with Crippen LogP contribution in [0.3, 0.4) is 0 Å². The van der Waals surface area contributed by atoms with Gasteiger partial charge in [0.15, 0.2) is 0 Å². The van der Waals surface area contributed by atoms with Crippen LogP contribution in [0.2, 0.25) is 5.02 Å². The summed E-state index contributed by atoms with van der Waals surface area (Å²) < 4.78 is 67.5. The Kier molecular flexibility index (Phi) is 8.50. The van der Waals surface area contributed by atoms with Gasteiger partial charge in [0.25, 0.3) is 0 Å². The summed E-state index contributed by atoms with van der Waals surface area (Å²) in [6, 6.07) is 5.82. The minimum Gasteiger partial charge on any atom is -0.367 e. The number of alkyl halides is 3. The van der Waals surface area contributed by atoms with Crippen LogP contribution < -0.4 is 14.9 Å². The van der Waals surface area contributed by atoms with Crippen LogP contribution in [-0.2, 0) is 22.6 Å². The Labute approximate surface area is 228 Å². The molecule has 0 saturated heterocycles. The van der Waals surface area contributed by atoms with Gasteiger partial charge in [-0.2, -0.15) is 13.2 Å². The number of nitrogens with one attached hydrogen (secondary N) is 2. The molecular weight excluding hydrogens is 561 g/mol. The molecule has 3 aromatic heterocycles. The summed E-state index contributed by atoms with van der Waals surface area (Å²) in [6.07, 6.45) is -0.776. The van der Waals surface area contributed by atoms with Gasteiger partial charge in [-0.05, 0) is 50.8 Å². The standard InChI is InChI=1S/C24H28ClF3N6O2S2/c1-14-30-21(12-22(31-14)34(2)3)32-16-4-6-17(7-5-16)33-38(35,36)23-9-8-18(37-23)11-20-19(25)10-15(13-29-20)24(26,27)28/h8-10,12-13,16-17,33H,4-7,11H2,1-3H3,(H,30,31,32). The van der Waals surface area contributed by atoms with Crippen LogP contribution in [0.4, 0.5) is 24.8 Å². The lowest BCUT2D eigenvalue weighted by atomic mass is 9.92. The third kappa shape index (κ3) is 7.13. The van der Waals surface area contributed by atoms with Crippen molar-refractivity contribution in [2.45, 2.75) is 61.5 Å². The molecule has 0 atom stereocenters. The van der Waals surface area contributed by atoms with Gasteiger partial charge in [0, 0.05) is 49.7 Å². The van der Waals surface area contributed by atoms with E-state index in [0.717, 1.165) is 48.1 Å². The monoisotopic (exact) mass is 588 g/mol. The van der Waals surface area contributed by atoms with E-state index in [9.17, 15) is 21.6 Å². The molecule has 0 amide bonds. The number of rotatable bonds is 8. The maximum atomic E-state index is 13.0. The molecule has 0 aliphatic heterocycles. The van der Waals surface area contributed by atoms with Crippen LogP contribution in [0.1, 0.15) is 47.6 Å².